The number of hydrogen-bond acceptors (Lipinski definition) is 6. The number of rotatable bonds is 5. The van der Waals surface area contributed by atoms with Crippen molar-refractivity contribution in [2.24, 2.45) is 0 Å². The Labute approximate surface area is 130 Å². The normalized spacial score (nSPS) is 10.6. The first-order valence-electron chi connectivity index (χ1n) is 6.82. The lowest BCUT2D eigenvalue weighted by Gasteiger charge is -2.01. The van der Waals surface area contributed by atoms with E-state index in [0.29, 0.717) is 12.3 Å². The fourth-order valence-corrected chi connectivity index (χ4v) is 2.09. The number of nitro groups is 1. The third-order valence-electron chi connectivity index (χ3n) is 3.19. The maximum atomic E-state index is 11.7. The quantitative estimate of drug-likeness (QED) is 0.525. The summed E-state index contributed by atoms with van der Waals surface area (Å²) in [5.41, 5.74) is 0.474. The maximum Gasteiger partial charge on any atom is 0.285 e. The van der Waals surface area contributed by atoms with E-state index < -0.39 is 4.92 Å². The zero-order chi connectivity index (χ0) is 16.2. The van der Waals surface area contributed by atoms with E-state index in [2.05, 4.69) is 10.2 Å². The van der Waals surface area contributed by atoms with Crippen molar-refractivity contribution in [1.82, 2.24) is 14.8 Å². The van der Waals surface area contributed by atoms with Gasteiger partial charge in [0.25, 0.3) is 11.2 Å². The first-order valence-corrected chi connectivity index (χ1v) is 6.82. The van der Waals surface area contributed by atoms with Crippen LogP contribution in [0.15, 0.2) is 57.9 Å². The van der Waals surface area contributed by atoms with Crippen molar-refractivity contribution in [2.45, 2.75) is 13.0 Å². The van der Waals surface area contributed by atoms with Gasteiger partial charge >= 0.3 is 0 Å². The molecule has 23 heavy (non-hydrogen) atoms. The van der Waals surface area contributed by atoms with Crippen molar-refractivity contribution >= 4 is 5.69 Å². The van der Waals surface area contributed by atoms with E-state index in [1.165, 1.54) is 0 Å². The van der Waals surface area contributed by atoms with Crippen LogP contribution in [0.2, 0.25) is 0 Å². The molecule has 0 unspecified atom stereocenters. The van der Waals surface area contributed by atoms with Crippen LogP contribution in [0.1, 0.15) is 17.3 Å². The molecule has 2 aromatic heterocycles. The molecule has 0 aliphatic carbocycles. The van der Waals surface area contributed by atoms with Gasteiger partial charge in [-0.25, -0.2) is 0 Å². The zero-order valence-electron chi connectivity index (χ0n) is 12.0. The van der Waals surface area contributed by atoms with E-state index in [-0.39, 0.29) is 23.7 Å². The molecule has 0 bridgehead atoms. The highest BCUT2D eigenvalue weighted by atomic mass is 16.6. The molecule has 0 aliphatic rings. The number of aromatic nitrogens is 3. The molecule has 0 saturated heterocycles. The second kappa shape index (κ2) is 6.22. The minimum absolute atomic E-state index is 0.0116. The Morgan fingerprint density at radius 1 is 1.09 bits per heavy atom. The molecular formula is C15H12N4O4. The second-order valence-electron chi connectivity index (χ2n) is 4.86. The molecule has 0 saturated carbocycles. The minimum Gasteiger partial charge on any atom is -0.423 e. The van der Waals surface area contributed by atoms with Crippen LogP contribution in [0.3, 0.4) is 0 Å². The molecule has 0 N–H and O–H groups in total. The largest absolute Gasteiger partial charge is 0.423 e. The van der Waals surface area contributed by atoms with Gasteiger partial charge in [0.05, 0.1) is 17.5 Å². The van der Waals surface area contributed by atoms with Gasteiger partial charge in [-0.1, -0.05) is 30.3 Å². The van der Waals surface area contributed by atoms with E-state index in [1.54, 1.807) is 0 Å². The molecule has 116 valence electrons. The van der Waals surface area contributed by atoms with E-state index in [4.69, 9.17) is 4.42 Å². The summed E-state index contributed by atoms with van der Waals surface area (Å²) in [4.78, 5) is 21.9. The average Bonchev–Trinajstić information content (AvgIpc) is 2.97. The molecule has 0 spiro atoms. The van der Waals surface area contributed by atoms with Crippen molar-refractivity contribution in [2.75, 3.05) is 0 Å². The molecule has 1 aromatic carbocycles. The molecular weight excluding hydrogens is 300 g/mol. The van der Waals surface area contributed by atoms with Crippen molar-refractivity contribution in [3.05, 3.63) is 86.5 Å². The summed E-state index contributed by atoms with van der Waals surface area (Å²) < 4.78 is 6.66. The summed E-state index contributed by atoms with van der Waals surface area (Å²) in [7, 11) is 0. The van der Waals surface area contributed by atoms with E-state index in [0.717, 1.165) is 28.5 Å². The fraction of sp³-hybridized carbons (Fsp3) is 0.133. The zero-order valence-corrected chi connectivity index (χ0v) is 12.0. The van der Waals surface area contributed by atoms with Gasteiger partial charge in [-0.15, -0.1) is 10.2 Å². The molecule has 0 fully saturated rings. The Kier molecular flexibility index (Phi) is 3.96. The van der Waals surface area contributed by atoms with E-state index in [9.17, 15) is 14.9 Å². The predicted molar refractivity (Wildman–Crippen MR) is 80.0 cm³/mol. The Balaban J connectivity index is 1.78. The summed E-state index contributed by atoms with van der Waals surface area (Å²) in [6, 6.07) is 11.9. The third kappa shape index (κ3) is 3.49. The molecule has 8 nitrogen and oxygen atoms in total. The van der Waals surface area contributed by atoms with Crippen molar-refractivity contribution in [3.63, 3.8) is 0 Å². The highest BCUT2D eigenvalue weighted by molar-refractivity contribution is 5.25. The molecule has 0 radical (unpaired) electrons. The van der Waals surface area contributed by atoms with Gasteiger partial charge in [0.1, 0.15) is 6.54 Å². The van der Waals surface area contributed by atoms with Crippen LogP contribution in [-0.4, -0.2) is 19.7 Å². The summed E-state index contributed by atoms with van der Waals surface area (Å²) in [6.07, 6.45) is 1.64. The first-order chi connectivity index (χ1) is 11.1. The van der Waals surface area contributed by atoms with Crippen LogP contribution >= 0.6 is 0 Å². The summed E-state index contributed by atoms with van der Waals surface area (Å²) in [5, 5.41) is 18.6. The Morgan fingerprint density at radius 2 is 1.83 bits per heavy atom. The molecule has 0 amide bonds. The van der Waals surface area contributed by atoms with Gasteiger partial charge in [-0.3, -0.25) is 19.5 Å². The molecule has 0 aliphatic heterocycles. The van der Waals surface area contributed by atoms with Gasteiger partial charge in [0, 0.05) is 12.1 Å². The van der Waals surface area contributed by atoms with Gasteiger partial charge in [-0.05, 0) is 5.56 Å². The van der Waals surface area contributed by atoms with Crippen LogP contribution in [0, 0.1) is 10.1 Å². The van der Waals surface area contributed by atoms with Crippen molar-refractivity contribution in [3.8, 4) is 0 Å². The van der Waals surface area contributed by atoms with Crippen LogP contribution in [-0.2, 0) is 13.0 Å². The number of pyridine rings is 1. The van der Waals surface area contributed by atoms with E-state index >= 15 is 0 Å². The molecule has 3 aromatic rings. The maximum absolute atomic E-state index is 11.7. The molecule has 2 heterocycles. The Bertz CT molecular complexity index is 886. The topological polar surface area (TPSA) is 104 Å². The first kappa shape index (κ1) is 14.6. The standard InChI is InChI=1S/C15H12N4O4/c20-15-7-6-12(19(21)22)9-18(15)10-14-17-16-13(23-14)8-11-4-2-1-3-5-11/h1-7,9H,8,10H2. The fourth-order valence-electron chi connectivity index (χ4n) is 2.09. The van der Waals surface area contributed by atoms with Gasteiger partial charge in [-0.2, -0.15) is 0 Å². The monoisotopic (exact) mass is 312 g/mol. The van der Waals surface area contributed by atoms with Crippen LogP contribution in [0.4, 0.5) is 5.69 Å². The number of nitrogens with zero attached hydrogens (tertiary/aromatic N) is 4. The summed E-state index contributed by atoms with van der Waals surface area (Å²) >= 11 is 0. The van der Waals surface area contributed by atoms with E-state index in [1.807, 2.05) is 30.3 Å². The lowest BCUT2D eigenvalue weighted by molar-refractivity contribution is -0.385. The molecule has 0 atom stereocenters. The average molecular weight is 312 g/mol. The molecule has 3 rings (SSSR count). The number of benzene rings is 1. The number of hydrogen-bond donors (Lipinski definition) is 0. The Morgan fingerprint density at radius 3 is 2.57 bits per heavy atom. The smallest absolute Gasteiger partial charge is 0.285 e. The van der Waals surface area contributed by atoms with Crippen molar-refractivity contribution < 1.29 is 9.34 Å². The van der Waals surface area contributed by atoms with Gasteiger partial charge < -0.3 is 4.42 Å². The lowest BCUT2D eigenvalue weighted by Crippen LogP contribution is -2.19. The molecule has 8 heteroatoms. The lowest BCUT2D eigenvalue weighted by atomic mass is 10.2. The third-order valence-corrected chi connectivity index (χ3v) is 3.19. The summed E-state index contributed by atoms with van der Waals surface area (Å²) in [6.45, 7) is -0.0116. The Hall–Kier alpha value is -3.29. The predicted octanol–water partition coefficient (Wildman–Crippen LogP) is 1.78. The SMILES string of the molecule is O=c1ccc([N+](=O)[O-])cn1Cc1nnc(Cc2ccccc2)o1. The highest BCUT2D eigenvalue weighted by Gasteiger charge is 2.12. The minimum atomic E-state index is -0.565. The van der Waals surface area contributed by atoms with Crippen molar-refractivity contribution in [1.29, 1.82) is 0 Å². The van der Waals surface area contributed by atoms with Crippen LogP contribution in [0.5, 0.6) is 0 Å². The van der Waals surface area contributed by atoms with Gasteiger partial charge in [0.2, 0.25) is 11.8 Å². The van der Waals surface area contributed by atoms with Crippen LogP contribution in [0.25, 0.3) is 0 Å². The second-order valence-corrected chi connectivity index (χ2v) is 4.86. The van der Waals surface area contributed by atoms with Crippen LogP contribution < -0.4 is 5.56 Å². The summed E-state index contributed by atoms with van der Waals surface area (Å²) in [5.74, 6) is 0.642. The van der Waals surface area contributed by atoms with Gasteiger partial charge in [0.15, 0.2) is 0 Å². The highest BCUT2D eigenvalue weighted by Crippen LogP contribution is 2.10.